The predicted octanol–water partition coefficient (Wildman–Crippen LogP) is -0.245. The molecule has 11 nitrogen and oxygen atoms in total. The summed E-state index contributed by atoms with van der Waals surface area (Å²) in [4.78, 5) is 12.7. The number of hydrogen-bond acceptors (Lipinski definition) is 11. The molecule has 32 heavy (non-hydrogen) atoms. The highest BCUT2D eigenvalue weighted by Crippen LogP contribution is 2.43. The molecule has 4 rings (SSSR count). The fourth-order valence-electron chi connectivity index (χ4n) is 3.47. The molecule has 1 saturated heterocycles. The van der Waals surface area contributed by atoms with Gasteiger partial charge in [-0.25, -0.2) is 0 Å². The summed E-state index contributed by atoms with van der Waals surface area (Å²) in [6.45, 7) is -0.706. The largest absolute Gasteiger partial charge is 0.508 e. The van der Waals surface area contributed by atoms with E-state index in [1.807, 2.05) is 0 Å². The van der Waals surface area contributed by atoms with Crippen LogP contribution >= 0.6 is 0 Å². The van der Waals surface area contributed by atoms with Crippen LogP contribution in [0.1, 0.15) is 0 Å². The Balaban J connectivity index is 1.75. The van der Waals surface area contributed by atoms with Crippen LogP contribution in [0.2, 0.25) is 0 Å². The molecular weight excluding hydrogens is 428 g/mol. The summed E-state index contributed by atoms with van der Waals surface area (Å²) < 4.78 is 16.1. The van der Waals surface area contributed by atoms with E-state index < -0.39 is 60.0 Å². The van der Waals surface area contributed by atoms with Gasteiger partial charge >= 0.3 is 0 Å². The van der Waals surface area contributed by atoms with Gasteiger partial charge in [-0.05, 0) is 12.1 Å². The number of aliphatic hydroxyl groups is 4. The third-order valence-electron chi connectivity index (χ3n) is 5.14. The molecule has 5 atom stereocenters. The molecule has 0 amide bonds. The zero-order valence-corrected chi connectivity index (χ0v) is 16.3. The van der Waals surface area contributed by atoms with Crippen molar-refractivity contribution in [2.75, 3.05) is 6.61 Å². The minimum absolute atomic E-state index is 0.0563. The van der Waals surface area contributed by atoms with Gasteiger partial charge in [0.1, 0.15) is 46.9 Å². The molecule has 0 aliphatic carbocycles. The van der Waals surface area contributed by atoms with Crippen LogP contribution < -0.4 is 10.2 Å². The average Bonchev–Trinajstić information content (AvgIpc) is 2.75. The molecule has 170 valence electrons. The van der Waals surface area contributed by atoms with Crippen LogP contribution in [0.5, 0.6) is 23.0 Å². The molecule has 1 aliphatic heterocycles. The topological polar surface area (TPSA) is 190 Å². The molecule has 7 N–H and O–H groups in total. The molecule has 0 unspecified atom stereocenters. The average molecular weight is 448 g/mol. The van der Waals surface area contributed by atoms with E-state index >= 15 is 0 Å². The molecule has 11 heteroatoms. The van der Waals surface area contributed by atoms with Crippen LogP contribution in [0.15, 0.2) is 45.6 Å². The Morgan fingerprint density at radius 1 is 0.969 bits per heavy atom. The van der Waals surface area contributed by atoms with Crippen LogP contribution in [0.3, 0.4) is 0 Å². The number of aliphatic hydroxyl groups excluding tert-OH is 4. The first-order valence-corrected chi connectivity index (χ1v) is 9.50. The highest BCUT2D eigenvalue weighted by molar-refractivity contribution is 5.89. The lowest BCUT2D eigenvalue weighted by Crippen LogP contribution is -2.60. The summed E-state index contributed by atoms with van der Waals surface area (Å²) in [6, 6.07) is 8.00. The van der Waals surface area contributed by atoms with Crippen LogP contribution in [0.4, 0.5) is 0 Å². The van der Waals surface area contributed by atoms with E-state index in [1.54, 1.807) is 12.1 Å². The van der Waals surface area contributed by atoms with Gasteiger partial charge in [0.2, 0.25) is 12.0 Å². The second-order valence-corrected chi connectivity index (χ2v) is 7.29. The van der Waals surface area contributed by atoms with Gasteiger partial charge < -0.3 is 49.6 Å². The van der Waals surface area contributed by atoms with Crippen molar-refractivity contribution in [2.45, 2.75) is 30.7 Å². The molecule has 1 aromatic heterocycles. The van der Waals surface area contributed by atoms with Gasteiger partial charge in [0, 0.05) is 17.7 Å². The lowest BCUT2D eigenvalue weighted by Gasteiger charge is -2.39. The molecular formula is C21H20O11. The van der Waals surface area contributed by atoms with Crippen LogP contribution in [0.25, 0.3) is 22.3 Å². The van der Waals surface area contributed by atoms with Crippen molar-refractivity contribution in [1.29, 1.82) is 0 Å². The molecule has 1 fully saturated rings. The molecule has 0 saturated carbocycles. The second-order valence-electron chi connectivity index (χ2n) is 7.29. The summed E-state index contributed by atoms with van der Waals surface area (Å²) in [7, 11) is 0. The number of aromatic hydroxyl groups is 3. The van der Waals surface area contributed by atoms with Crippen LogP contribution in [-0.4, -0.2) is 73.1 Å². The van der Waals surface area contributed by atoms with Gasteiger partial charge in [0.05, 0.1) is 6.61 Å². The summed E-state index contributed by atoms with van der Waals surface area (Å²) in [5.41, 5.74) is -0.502. The molecule has 0 bridgehead atoms. The number of phenols is 3. The first kappa shape index (κ1) is 21.9. The van der Waals surface area contributed by atoms with E-state index in [-0.39, 0.29) is 22.5 Å². The Morgan fingerprint density at radius 2 is 1.72 bits per heavy atom. The molecule has 2 heterocycles. The van der Waals surface area contributed by atoms with Gasteiger partial charge in [0.15, 0.2) is 16.9 Å². The number of ether oxygens (including phenoxy) is 2. The molecule has 1 aliphatic rings. The van der Waals surface area contributed by atoms with Crippen molar-refractivity contribution in [1.82, 2.24) is 0 Å². The number of benzene rings is 2. The van der Waals surface area contributed by atoms with E-state index in [1.165, 1.54) is 12.1 Å². The van der Waals surface area contributed by atoms with Gasteiger partial charge in [0.25, 0.3) is 0 Å². The fourth-order valence-corrected chi connectivity index (χ4v) is 3.47. The monoisotopic (exact) mass is 448 g/mol. The summed E-state index contributed by atoms with van der Waals surface area (Å²) in [5, 5.41) is 69.4. The third-order valence-corrected chi connectivity index (χ3v) is 5.14. The lowest BCUT2D eigenvalue weighted by atomic mass is 9.99. The van der Waals surface area contributed by atoms with Crippen molar-refractivity contribution in [3.05, 3.63) is 46.6 Å². The Hall–Kier alpha value is -3.35. The van der Waals surface area contributed by atoms with Gasteiger partial charge in [-0.3, -0.25) is 4.79 Å². The number of phenolic OH excluding ortho intramolecular Hbond substituents is 3. The minimum Gasteiger partial charge on any atom is -0.508 e. The minimum atomic E-state index is -1.80. The third kappa shape index (κ3) is 3.72. The highest BCUT2D eigenvalue weighted by Gasteiger charge is 2.45. The first-order chi connectivity index (χ1) is 15.2. The van der Waals surface area contributed by atoms with Crippen molar-refractivity contribution in [3.63, 3.8) is 0 Å². The lowest BCUT2D eigenvalue weighted by molar-refractivity contribution is -0.277. The molecule has 3 aromatic rings. The highest BCUT2D eigenvalue weighted by atomic mass is 16.7. The summed E-state index contributed by atoms with van der Waals surface area (Å²) in [5.74, 6) is -2.12. The Kier molecular flexibility index (Phi) is 5.67. The first-order valence-electron chi connectivity index (χ1n) is 9.50. The summed E-state index contributed by atoms with van der Waals surface area (Å²) in [6.07, 6.45) is -8.15. The second kappa shape index (κ2) is 8.30. The zero-order valence-electron chi connectivity index (χ0n) is 16.3. The fraction of sp³-hybridized carbons (Fsp3) is 0.286. The van der Waals surface area contributed by atoms with Crippen LogP contribution in [0, 0.1) is 0 Å². The maximum Gasteiger partial charge on any atom is 0.229 e. The van der Waals surface area contributed by atoms with Crippen molar-refractivity contribution >= 4 is 11.0 Å². The van der Waals surface area contributed by atoms with Crippen LogP contribution in [-0.2, 0) is 4.74 Å². The number of fused-ring (bicyclic) bond motifs is 1. The SMILES string of the molecule is O=c1cc(-c2cccc(O)c2)oc2cc(O)c(O[C@@H]3O[C@H](CO)[C@@H](O)[C@H](O)[C@H]3O)c(O)c12. The van der Waals surface area contributed by atoms with E-state index in [4.69, 9.17) is 13.9 Å². The normalized spacial score (nSPS) is 25.7. The van der Waals surface area contributed by atoms with Gasteiger partial charge in [-0.1, -0.05) is 12.1 Å². The van der Waals surface area contributed by atoms with E-state index in [0.717, 1.165) is 12.1 Å². The maximum absolute atomic E-state index is 12.7. The molecule has 2 aromatic carbocycles. The van der Waals surface area contributed by atoms with Crippen molar-refractivity contribution < 1.29 is 49.6 Å². The van der Waals surface area contributed by atoms with Gasteiger partial charge in [-0.15, -0.1) is 0 Å². The number of hydrogen-bond donors (Lipinski definition) is 7. The maximum atomic E-state index is 12.7. The van der Waals surface area contributed by atoms with Crippen molar-refractivity contribution in [3.8, 4) is 34.3 Å². The standard InChI is InChI=1S/C21H20O11/c22-7-14-16(26)18(28)19(29)21(31-14)32-20-11(25)6-13-15(17(20)27)10(24)5-12(30-13)8-2-1-3-9(23)4-8/h1-6,14,16,18-19,21-23,25-29H,7H2/t14-,16-,18+,19-,21+/m1/s1. The Labute approximate surface area is 179 Å². The Bertz CT molecular complexity index is 1200. The smallest absolute Gasteiger partial charge is 0.229 e. The van der Waals surface area contributed by atoms with E-state index in [2.05, 4.69) is 0 Å². The molecule has 0 spiro atoms. The van der Waals surface area contributed by atoms with E-state index in [0.29, 0.717) is 5.56 Å². The number of rotatable bonds is 4. The quantitative estimate of drug-likeness (QED) is 0.279. The molecule has 0 radical (unpaired) electrons. The van der Waals surface area contributed by atoms with Crippen molar-refractivity contribution in [2.24, 2.45) is 0 Å². The van der Waals surface area contributed by atoms with E-state index in [9.17, 15) is 40.5 Å². The predicted molar refractivity (Wildman–Crippen MR) is 107 cm³/mol. The summed E-state index contributed by atoms with van der Waals surface area (Å²) >= 11 is 0. The zero-order chi connectivity index (χ0) is 23.2. The van der Waals surface area contributed by atoms with Gasteiger partial charge in [-0.2, -0.15) is 0 Å². The Morgan fingerprint density at radius 3 is 2.41 bits per heavy atom.